The van der Waals surface area contributed by atoms with Crippen molar-refractivity contribution in [1.82, 2.24) is 9.97 Å². The molecule has 1 saturated carbocycles. The standard InChI is InChI=1S/C20H22N4OS/c1-12-22-11-18(26-12)14-2-3-15-10-23-19(9-16(15)8-14)24-20(25)13-4-6-17(21)7-5-13/h2-3,8-11,13,17H,4-7,21H2,1H3,(H,23,24,25)/t13-,17-. The quantitative estimate of drug-likeness (QED) is 0.730. The van der Waals surface area contributed by atoms with Crippen molar-refractivity contribution in [3.05, 3.63) is 41.7 Å². The molecule has 2 heterocycles. The summed E-state index contributed by atoms with van der Waals surface area (Å²) in [5, 5.41) is 6.14. The molecule has 1 aliphatic carbocycles. The van der Waals surface area contributed by atoms with Crippen LogP contribution in [-0.4, -0.2) is 21.9 Å². The highest BCUT2D eigenvalue weighted by Gasteiger charge is 2.24. The Balaban J connectivity index is 1.55. The smallest absolute Gasteiger partial charge is 0.228 e. The Hall–Kier alpha value is -2.31. The first-order valence-corrected chi connectivity index (χ1v) is 9.79. The summed E-state index contributed by atoms with van der Waals surface area (Å²) < 4.78 is 0. The van der Waals surface area contributed by atoms with E-state index in [1.807, 2.05) is 25.4 Å². The second kappa shape index (κ2) is 7.13. The summed E-state index contributed by atoms with van der Waals surface area (Å²) in [6, 6.07) is 8.45. The molecule has 1 aromatic carbocycles. The van der Waals surface area contributed by atoms with E-state index in [9.17, 15) is 4.79 Å². The van der Waals surface area contributed by atoms with Gasteiger partial charge < -0.3 is 11.1 Å². The number of rotatable bonds is 3. The number of hydrogen-bond donors (Lipinski definition) is 2. The predicted octanol–water partition coefficient (Wildman–Crippen LogP) is 4.12. The lowest BCUT2D eigenvalue weighted by Crippen LogP contribution is -2.32. The van der Waals surface area contributed by atoms with Crippen molar-refractivity contribution in [2.24, 2.45) is 11.7 Å². The molecule has 26 heavy (non-hydrogen) atoms. The summed E-state index contributed by atoms with van der Waals surface area (Å²) in [4.78, 5) is 22.4. The van der Waals surface area contributed by atoms with Crippen LogP contribution in [-0.2, 0) is 4.79 Å². The van der Waals surface area contributed by atoms with Crippen molar-refractivity contribution in [1.29, 1.82) is 0 Å². The van der Waals surface area contributed by atoms with Crippen molar-refractivity contribution < 1.29 is 4.79 Å². The minimum absolute atomic E-state index is 0.0406. The van der Waals surface area contributed by atoms with Crippen LogP contribution in [0.3, 0.4) is 0 Å². The van der Waals surface area contributed by atoms with Crippen LogP contribution >= 0.6 is 11.3 Å². The maximum atomic E-state index is 12.5. The maximum absolute atomic E-state index is 12.5. The number of carbonyl (C=O) groups is 1. The van der Waals surface area contributed by atoms with Gasteiger partial charge in [-0.15, -0.1) is 11.3 Å². The Morgan fingerprint density at radius 1 is 1.12 bits per heavy atom. The number of carbonyl (C=O) groups excluding carboxylic acids is 1. The van der Waals surface area contributed by atoms with Gasteiger partial charge in [-0.1, -0.05) is 12.1 Å². The Bertz CT molecular complexity index is 944. The minimum atomic E-state index is 0.0406. The van der Waals surface area contributed by atoms with Gasteiger partial charge in [0.25, 0.3) is 0 Å². The van der Waals surface area contributed by atoms with Crippen molar-refractivity contribution >= 4 is 33.8 Å². The molecule has 3 N–H and O–H groups in total. The number of fused-ring (bicyclic) bond motifs is 1. The van der Waals surface area contributed by atoms with Gasteiger partial charge in [-0.2, -0.15) is 0 Å². The molecule has 3 aromatic rings. The van der Waals surface area contributed by atoms with Crippen LogP contribution in [0.15, 0.2) is 36.7 Å². The zero-order valence-electron chi connectivity index (χ0n) is 14.7. The van der Waals surface area contributed by atoms with Gasteiger partial charge in [0.1, 0.15) is 5.82 Å². The Kier molecular flexibility index (Phi) is 4.70. The number of pyridine rings is 1. The third kappa shape index (κ3) is 3.61. The number of thiazole rings is 1. The largest absolute Gasteiger partial charge is 0.328 e. The molecule has 0 spiro atoms. The molecule has 1 fully saturated rings. The number of amides is 1. The van der Waals surface area contributed by atoms with Gasteiger partial charge in [0.2, 0.25) is 5.91 Å². The van der Waals surface area contributed by atoms with E-state index in [4.69, 9.17) is 5.73 Å². The summed E-state index contributed by atoms with van der Waals surface area (Å²) in [7, 11) is 0. The van der Waals surface area contributed by atoms with Gasteiger partial charge in [0.05, 0.1) is 9.88 Å². The van der Waals surface area contributed by atoms with Crippen molar-refractivity contribution in [2.75, 3.05) is 5.32 Å². The summed E-state index contributed by atoms with van der Waals surface area (Å²) in [5.74, 6) is 0.701. The molecule has 2 aromatic heterocycles. The maximum Gasteiger partial charge on any atom is 0.228 e. The molecule has 6 heteroatoms. The molecular weight excluding hydrogens is 344 g/mol. The van der Waals surface area contributed by atoms with Gasteiger partial charge in [0, 0.05) is 29.7 Å². The summed E-state index contributed by atoms with van der Waals surface area (Å²) in [6.45, 7) is 2.00. The molecule has 134 valence electrons. The van der Waals surface area contributed by atoms with Crippen molar-refractivity contribution in [2.45, 2.75) is 38.6 Å². The Morgan fingerprint density at radius 3 is 2.65 bits per heavy atom. The predicted molar refractivity (Wildman–Crippen MR) is 106 cm³/mol. The highest BCUT2D eigenvalue weighted by molar-refractivity contribution is 7.15. The number of aromatic nitrogens is 2. The van der Waals surface area contributed by atoms with Gasteiger partial charge in [-0.05, 0) is 55.7 Å². The zero-order valence-corrected chi connectivity index (χ0v) is 15.6. The van der Waals surface area contributed by atoms with Crippen molar-refractivity contribution in [3.8, 4) is 10.4 Å². The third-order valence-electron chi connectivity index (χ3n) is 5.02. The van der Waals surface area contributed by atoms with Gasteiger partial charge >= 0.3 is 0 Å². The van der Waals surface area contributed by atoms with Gasteiger partial charge in [-0.25, -0.2) is 9.97 Å². The second-order valence-electron chi connectivity index (χ2n) is 6.98. The molecule has 0 saturated heterocycles. The third-order valence-corrected chi connectivity index (χ3v) is 5.98. The zero-order chi connectivity index (χ0) is 18.1. The number of hydrogen-bond acceptors (Lipinski definition) is 5. The molecule has 0 aliphatic heterocycles. The van der Waals surface area contributed by atoms with Crippen LogP contribution in [0.5, 0.6) is 0 Å². The lowest BCUT2D eigenvalue weighted by Gasteiger charge is -2.24. The molecule has 0 radical (unpaired) electrons. The fourth-order valence-corrected chi connectivity index (χ4v) is 4.24. The number of nitrogens with zero attached hydrogens (tertiary/aromatic N) is 2. The van der Waals surface area contributed by atoms with Gasteiger partial charge in [0.15, 0.2) is 0 Å². The van der Waals surface area contributed by atoms with Crippen LogP contribution in [0.1, 0.15) is 30.7 Å². The molecule has 0 bridgehead atoms. The first-order valence-electron chi connectivity index (χ1n) is 8.97. The minimum Gasteiger partial charge on any atom is -0.328 e. The van der Waals surface area contributed by atoms with E-state index in [2.05, 4.69) is 33.5 Å². The van der Waals surface area contributed by atoms with Crippen LogP contribution in [0.2, 0.25) is 0 Å². The lowest BCUT2D eigenvalue weighted by molar-refractivity contribution is -0.120. The molecule has 0 atom stereocenters. The van der Waals surface area contributed by atoms with E-state index in [1.54, 1.807) is 11.3 Å². The highest BCUT2D eigenvalue weighted by atomic mass is 32.1. The van der Waals surface area contributed by atoms with E-state index in [1.165, 1.54) is 0 Å². The second-order valence-corrected chi connectivity index (χ2v) is 8.21. The normalized spacial score (nSPS) is 20.2. The van der Waals surface area contributed by atoms with E-state index < -0.39 is 0 Å². The Morgan fingerprint density at radius 2 is 1.92 bits per heavy atom. The van der Waals surface area contributed by atoms with Crippen molar-refractivity contribution in [3.63, 3.8) is 0 Å². The van der Waals surface area contributed by atoms with Crippen LogP contribution in [0, 0.1) is 12.8 Å². The fourth-order valence-electron chi connectivity index (χ4n) is 3.47. The topological polar surface area (TPSA) is 80.9 Å². The summed E-state index contributed by atoms with van der Waals surface area (Å²) in [6.07, 6.45) is 7.26. The summed E-state index contributed by atoms with van der Waals surface area (Å²) >= 11 is 1.68. The number of nitrogens with one attached hydrogen (secondary N) is 1. The highest BCUT2D eigenvalue weighted by Crippen LogP contribution is 2.30. The Labute approximate surface area is 156 Å². The number of nitrogens with two attached hydrogens (primary N) is 1. The average Bonchev–Trinajstić information content (AvgIpc) is 3.08. The molecular formula is C20H22N4OS. The van der Waals surface area contributed by atoms with Crippen LogP contribution in [0.25, 0.3) is 21.2 Å². The monoisotopic (exact) mass is 366 g/mol. The van der Waals surface area contributed by atoms with Gasteiger partial charge in [-0.3, -0.25) is 4.79 Å². The lowest BCUT2D eigenvalue weighted by atomic mass is 9.86. The molecule has 0 unspecified atom stereocenters. The van der Waals surface area contributed by atoms with Crippen LogP contribution in [0.4, 0.5) is 5.82 Å². The average molecular weight is 366 g/mol. The number of aryl methyl sites for hydroxylation is 1. The fraction of sp³-hybridized carbons (Fsp3) is 0.350. The summed E-state index contributed by atoms with van der Waals surface area (Å²) in [5.41, 5.74) is 7.06. The van der Waals surface area contributed by atoms with E-state index in [0.29, 0.717) is 5.82 Å². The number of benzene rings is 1. The molecule has 1 aliphatic rings. The molecule has 1 amide bonds. The number of anilines is 1. The van der Waals surface area contributed by atoms with E-state index in [-0.39, 0.29) is 17.9 Å². The first-order chi connectivity index (χ1) is 12.6. The molecule has 5 nitrogen and oxygen atoms in total. The first kappa shape index (κ1) is 17.1. The van der Waals surface area contributed by atoms with Crippen LogP contribution < -0.4 is 11.1 Å². The van der Waals surface area contributed by atoms with E-state index >= 15 is 0 Å². The molecule has 4 rings (SSSR count). The SMILES string of the molecule is Cc1ncc(-c2ccc3cnc(NC(=O)[C@H]4CC[C@H](N)CC4)cc3c2)s1. The van der Waals surface area contributed by atoms with E-state index in [0.717, 1.165) is 51.9 Å².